The predicted molar refractivity (Wildman–Crippen MR) is 58.4 cm³/mol. The molecule has 2 nitrogen and oxygen atoms in total. The summed E-state index contributed by atoms with van der Waals surface area (Å²) in [4.78, 5) is 4.24. The van der Waals surface area contributed by atoms with E-state index in [2.05, 4.69) is 37.7 Å². The van der Waals surface area contributed by atoms with Gasteiger partial charge in [-0.2, -0.15) is 0 Å². The van der Waals surface area contributed by atoms with Crippen LogP contribution in [0.25, 0.3) is 5.65 Å². The largest absolute Gasteiger partial charge is 0.307 e. The van der Waals surface area contributed by atoms with E-state index in [0.717, 1.165) is 12.1 Å². The zero-order valence-electron chi connectivity index (χ0n) is 8.62. The maximum absolute atomic E-state index is 4.24. The van der Waals surface area contributed by atoms with Crippen molar-refractivity contribution in [2.45, 2.75) is 20.3 Å². The molecule has 0 N–H and O–H groups in total. The van der Waals surface area contributed by atoms with E-state index >= 15 is 0 Å². The molecule has 0 saturated carbocycles. The Kier molecular flexibility index (Phi) is 2.12. The van der Waals surface area contributed by atoms with Crippen molar-refractivity contribution in [2.24, 2.45) is 0 Å². The van der Waals surface area contributed by atoms with Crippen molar-refractivity contribution in [1.29, 1.82) is 0 Å². The summed E-state index contributed by atoms with van der Waals surface area (Å²) in [5, 5.41) is 0. The van der Waals surface area contributed by atoms with Crippen LogP contribution in [0.3, 0.4) is 0 Å². The zero-order chi connectivity index (χ0) is 10.1. The summed E-state index contributed by atoms with van der Waals surface area (Å²) < 4.78 is 2.05. The van der Waals surface area contributed by atoms with Crippen LogP contribution in [0.5, 0.6) is 0 Å². The summed E-state index contributed by atoms with van der Waals surface area (Å²) in [6.45, 7) is 8.11. The highest BCUT2D eigenvalue weighted by molar-refractivity contribution is 5.44. The van der Waals surface area contributed by atoms with E-state index in [0.29, 0.717) is 0 Å². The Balaban J connectivity index is 2.53. The van der Waals surface area contributed by atoms with Crippen LogP contribution in [0.4, 0.5) is 0 Å². The number of hydrogen-bond acceptors (Lipinski definition) is 1. The number of aryl methyl sites for hydroxylation is 1. The number of allylic oxidation sites excluding steroid dienone is 1. The third-order valence-electron chi connectivity index (χ3n) is 2.34. The first-order chi connectivity index (χ1) is 6.66. The van der Waals surface area contributed by atoms with Gasteiger partial charge < -0.3 is 4.40 Å². The molecule has 2 heterocycles. The molecule has 0 unspecified atom stereocenters. The molecule has 0 aliphatic rings. The first-order valence-corrected chi connectivity index (χ1v) is 4.73. The number of pyridine rings is 1. The van der Waals surface area contributed by atoms with Gasteiger partial charge in [0, 0.05) is 18.6 Å². The normalized spacial score (nSPS) is 10.7. The van der Waals surface area contributed by atoms with Crippen LogP contribution in [0, 0.1) is 6.92 Å². The predicted octanol–water partition coefficient (Wildman–Crippen LogP) is 2.76. The van der Waals surface area contributed by atoms with Gasteiger partial charge in [0.25, 0.3) is 0 Å². The van der Waals surface area contributed by atoms with Gasteiger partial charge in [-0.15, -0.1) is 0 Å². The molecule has 0 radical (unpaired) electrons. The van der Waals surface area contributed by atoms with E-state index in [1.54, 1.807) is 0 Å². The third kappa shape index (κ3) is 1.55. The van der Waals surface area contributed by atoms with Crippen molar-refractivity contribution in [3.63, 3.8) is 0 Å². The van der Waals surface area contributed by atoms with Crippen LogP contribution < -0.4 is 0 Å². The standard InChI is InChI=1S/C12H14N2/c1-9(2)6-11-8-14-5-4-13-12(14)7-10(11)3/h4-5,7-8H,1,6H2,2-3H3. The maximum atomic E-state index is 4.24. The molecule has 0 spiro atoms. The Morgan fingerprint density at radius 3 is 3.07 bits per heavy atom. The molecule has 2 aromatic heterocycles. The fourth-order valence-corrected chi connectivity index (χ4v) is 1.61. The lowest BCUT2D eigenvalue weighted by Crippen LogP contribution is -1.94. The van der Waals surface area contributed by atoms with Crippen LogP contribution in [-0.2, 0) is 6.42 Å². The summed E-state index contributed by atoms with van der Waals surface area (Å²) in [5.74, 6) is 0. The van der Waals surface area contributed by atoms with E-state index in [1.165, 1.54) is 16.7 Å². The van der Waals surface area contributed by atoms with Crippen molar-refractivity contribution < 1.29 is 0 Å². The van der Waals surface area contributed by atoms with Crippen LogP contribution >= 0.6 is 0 Å². The van der Waals surface area contributed by atoms with E-state index < -0.39 is 0 Å². The summed E-state index contributed by atoms with van der Waals surface area (Å²) in [5.41, 5.74) is 4.80. The van der Waals surface area contributed by atoms with Crippen LogP contribution in [0.2, 0.25) is 0 Å². The lowest BCUT2D eigenvalue weighted by molar-refractivity contribution is 1.06. The molecule has 2 heteroatoms. The quantitative estimate of drug-likeness (QED) is 0.659. The second kappa shape index (κ2) is 3.29. The number of fused-ring (bicyclic) bond motifs is 1. The summed E-state index contributed by atoms with van der Waals surface area (Å²) in [7, 11) is 0. The smallest absolute Gasteiger partial charge is 0.136 e. The average Bonchev–Trinajstić information content (AvgIpc) is 2.51. The molecule has 0 aliphatic carbocycles. The van der Waals surface area contributed by atoms with Gasteiger partial charge in [-0.3, -0.25) is 0 Å². The van der Waals surface area contributed by atoms with Gasteiger partial charge in [0.15, 0.2) is 0 Å². The van der Waals surface area contributed by atoms with E-state index in [1.807, 2.05) is 16.8 Å². The Labute approximate surface area is 83.9 Å². The van der Waals surface area contributed by atoms with Crippen molar-refractivity contribution in [2.75, 3.05) is 0 Å². The highest BCUT2D eigenvalue weighted by atomic mass is 15.0. The van der Waals surface area contributed by atoms with Gasteiger partial charge in [-0.1, -0.05) is 12.2 Å². The van der Waals surface area contributed by atoms with Gasteiger partial charge in [0.1, 0.15) is 5.65 Å². The number of rotatable bonds is 2. The zero-order valence-corrected chi connectivity index (χ0v) is 8.62. The number of aromatic nitrogens is 2. The molecular formula is C12H14N2. The lowest BCUT2D eigenvalue weighted by atomic mass is 10.1. The number of imidazole rings is 1. The molecule has 72 valence electrons. The van der Waals surface area contributed by atoms with Crippen molar-refractivity contribution in [3.8, 4) is 0 Å². The van der Waals surface area contributed by atoms with E-state index in [9.17, 15) is 0 Å². The van der Waals surface area contributed by atoms with Crippen LogP contribution in [0.15, 0.2) is 36.8 Å². The molecule has 0 bridgehead atoms. The molecule has 0 aliphatic heterocycles. The van der Waals surface area contributed by atoms with E-state index in [-0.39, 0.29) is 0 Å². The molecule has 0 atom stereocenters. The second-order valence-corrected chi connectivity index (χ2v) is 3.81. The number of nitrogens with zero attached hydrogens (tertiary/aromatic N) is 2. The minimum Gasteiger partial charge on any atom is -0.307 e. The molecule has 0 amide bonds. The van der Waals surface area contributed by atoms with Gasteiger partial charge in [-0.05, 0) is 37.5 Å². The molecule has 2 rings (SSSR count). The SMILES string of the molecule is C=C(C)Cc1cn2ccnc2cc1C. The monoisotopic (exact) mass is 186 g/mol. The fraction of sp³-hybridized carbons (Fsp3) is 0.250. The Hall–Kier alpha value is -1.57. The topological polar surface area (TPSA) is 17.3 Å². The Morgan fingerprint density at radius 2 is 2.36 bits per heavy atom. The molecule has 2 aromatic rings. The molecular weight excluding hydrogens is 172 g/mol. The number of hydrogen-bond donors (Lipinski definition) is 0. The van der Waals surface area contributed by atoms with E-state index in [4.69, 9.17) is 0 Å². The molecule has 14 heavy (non-hydrogen) atoms. The highest BCUT2D eigenvalue weighted by Gasteiger charge is 2.01. The molecule has 0 saturated heterocycles. The van der Waals surface area contributed by atoms with Crippen molar-refractivity contribution in [3.05, 3.63) is 47.9 Å². The average molecular weight is 186 g/mol. The van der Waals surface area contributed by atoms with Crippen molar-refractivity contribution in [1.82, 2.24) is 9.38 Å². The van der Waals surface area contributed by atoms with Gasteiger partial charge >= 0.3 is 0 Å². The van der Waals surface area contributed by atoms with Crippen LogP contribution in [-0.4, -0.2) is 9.38 Å². The lowest BCUT2D eigenvalue weighted by Gasteiger charge is -2.06. The highest BCUT2D eigenvalue weighted by Crippen LogP contribution is 2.14. The Morgan fingerprint density at radius 1 is 1.57 bits per heavy atom. The summed E-state index contributed by atoms with van der Waals surface area (Å²) >= 11 is 0. The second-order valence-electron chi connectivity index (χ2n) is 3.81. The summed E-state index contributed by atoms with van der Waals surface area (Å²) in [6, 6.07) is 2.11. The third-order valence-corrected chi connectivity index (χ3v) is 2.34. The van der Waals surface area contributed by atoms with Gasteiger partial charge in [0.05, 0.1) is 0 Å². The van der Waals surface area contributed by atoms with Crippen LogP contribution in [0.1, 0.15) is 18.1 Å². The molecule has 0 fully saturated rings. The van der Waals surface area contributed by atoms with Gasteiger partial charge in [0.2, 0.25) is 0 Å². The minimum atomic E-state index is 0.944. The van der Waals surface area contributed by atoms with Crippen molar-refractivity contribution >= 4 is 5.65 Å². The maximum Gasteiger partial charge on any atom is 0.136 e. The first-order valence-electron chi connectivity index (χ1n) is 4.73. The summed E-state index contributed by atoms with van der Waals surface area (Å²) in [6.07, 6.45) is 6.86. The molecule has 0 aromatic carbocycles. The van der Waals surface area contributed by atoms with Gasteiger partial charge in [-0.25, -0.2) is 4.98 Å². The minimum absolute atomic E-state index is 0.944. The first kappa shape index (κ1) is 9.00. The Bertz CT molecular complexity index is 480. The fourth-order valence-electron chi connectivity index (χ4n) is 1.61.